The number of benzene rings is 1. The molecule has 0 saturated heterocycles. The molecule has 0 saturated carbocycles. The van der Waals surface area contributed by atoms with Crippen LogP contribution in [0.1, 0.15) is 19.4 Å². The zero-order valence-corrected chi connectivity index (χ0v) is 11.7. The largest absolute Gasteiger partial charge is 0.383 e. The van der Waals surface area contributed by atoms with Gasteiger partial charge in [-0.2, -0.15) is 0 Å². The van der Waals surface area contributed by atoms with E-state index in [4.69, 9.17) is 5.73 Å². The van der Waals surface area contributed by atoms with Gasteiger partial charge in [-0.25, -0.2) is 8.78 Å². The molecule has 1 rings (SSSR count). The molecule has 3 nitrogen and oxygen atoms in total. The zero-order chi connectivity index (χ0) is 15.3. The molecular weight excluding hydrogens is 260 g/mol. The molecule has 1 aromatic rings. The Balaban J connectivity index is 3.21. The van der Waals surface area contributed by atoms with E-state index in [0.717, 1.165) is 6.07 Å². The molecule has 0 bridgehead atoms. The molecule has 0 fully saturated rings. The molecule has 2 N–H and O–H groups in total. The first-order valence-electron chi connectivity index (χ1n) is 6.00. The van der Waals surface area contributed by atoms with E-state index in [1.807, 2.05) is 0 Å². The number of amidine groups is 1. The van der Waals surface area contributed by atoms with Gasteiger partial charge in [0.05, 0.1) is 5.70 Å². The van der Waals surface area contributed by atoms with E-state index in [-0.39, 0.29) is 11.4 Å². The molecule has 20 heavy (non-hydrogen) atoms. The molecule has 106 valence electrons. The fraction of sp³-hybridized carbons (Fsp3) is 0.200. The Hall–Kier alpha value is -2.30. The normalized spacial score (nSPS) is 13.6. The maximum absolute atomic E-state index is 13.7. The fourth-order valence-electron chi connectivity index (χ4n) is 1.60. The Labute approximate surface area is 117 Å². The van der Waals surface area contributed by atoms with Crippen molar-refractivity contribution in [3.8, 4) is 0 Å². The van der Waals surface area contributed by atoms with E-state index in [1.165, 1.54) is 19.2 Å². The average molecular weight is 277 g/mol. The lowest BCUT2D eigenvalue weighted by Crippen LogP contribution is -2.15. The average Bonchev–Trinajstić information content (AvgIpc) is 2.45. The monoisotopic (exact) mass is 277 g/mol. The summed E-state index contributed by atoms with van der Waals surface area (Å²) < 4.78 is 26.9. The fourth-order valence-corrected chi connectivity index (χ4v) is 1.60. The van der Waals surface area contributed by atoms with Gasteiger partial charge in [0, 0.05) is 23.9 Å². The molecule has 0 aliphatic heterocycles. The van der Waals surface area contributed by atoms with Crippen molar-refractivity contribution in [1.82, 2.24) is 0 Å². The van der Waals surface area contributed by atoms with Gasteiger partial charge in [-0.1, -0.05) is 18.7 Å². The van der Waals surface area contributed by atoms with Crippen molar-refractivity contribution in [2.75, 3.05) is 7.05 Å². The van der Waals surface area contributed by atoms with Gasteiger partial charge in [0.1, 0.15) is 5.84 Å². The van der Waals surface area contributed by atoms with Crippen LogP contribution in [-0.4, -0.2) is 18.6 Å². The van der Waals surface area contributed by atoms with Gasteiger partial charge >= 0.3 is 0 Å². The van der Waals surface area contributed by atoms with Gasteiger partial charge in [-0.3, -0.25) is 9.98 Å². The van der Waals surface area contributed by atoms with Crippen LogP contribution in [0.2, 0.25) is 0 Å². The van der Waals surface area contributed by atoms with E-state index in [2.05, 4.69) is 16.6 Å². The van der Waals surface area contributed by atoms with Crippen LogP contribution >= 0.6 is 0 Å². The molecule has 0 spiro atoms. The number of rotatable bonds is 4. The molecule has 0 aliphatic rings. The minimum atomic E-state index is -0.924. The molecule has 0 heterocycles. The van der Waals surface area contributed by atoms with Crippen molar-refractivity contribution < 1.29 is 8.78 Å². The molecule has 1 aromatic carbocycles. The molecule has 0 radical (unpaired) electrons. The predicted octanol–water partition coefficient (Wildman–Crippen LogP) is 3.22. The summed E-state index contributed by atoms with van der Waals surface area (Å²) >= 11 is 0. The lowest BCUT2D eigenvalue weighted by molar-refractivity contribution is 0.507. The first kappa shape index (κ1) is 15.8. The van der Waals surface area contributed by atoms with E-state index < -0.39 is 11.6 Å². The summed E-state index contributed by atoms with van der Waals surface area (Å²) in [6.45, 7) is 7.13. The topological polar surface area (TPSA) is 50.7 Å². The van der Waals surface area contributed by atoms with Crippen molar-refractivity contribution in [2.24, 2.45) is 15.7 Å². The van der Waals surface area contributed by atoms with Crippen LogP contribution in [0.4, 0.5) is 8.78 Å². The van der Waals surface area contributed by atoms with Crippen molar-refractivity contribution in [3.63, 3.8) is 0 Å². The van der Waals surface area contributed by atoms with Crippen LogP contribution in [0.15, 0.2) is 52.1 Å². The Morgan fingerprint density at radius 1 is 1.35 bits per heavy atom. The molecule has 0 aliphatic carbocycles. The molecular formula is C15H17F2N3. The smallest absolute Gasteiger partial charge is 0.167 e. The van der Waals surface area contributed by atoms with E-state index in [1.54, 1.807) is 19.9 Å². The van der Waals surface area contributed by atoms with Crippen LogP contribution in [-0.2, 0) is 0 Å². The quantitative estimate of drug-likeness (QED) is 0.513. The number of hydrogen-bond donors (Lipinski definition) is 1. The lowest BCUT2D eigenvalue weighted by Gasteiger charge is -2.08. The van der Waals surface area contributed by atoms with Crippen LogP contribution in [0.25, 0.3) is 0 Å². The second-order valence-electron chi connectivity index (χ2n) is 4.06. The Morgan fingerprint density at radius 3 is 2.55 bits per heavy atom. The third-order valence-electron chi connectivity index (χ3n) is 2.76. The second kappa shape index (κ2) is 6.75. The van der Waals surface area contributed by atoms with Crippen LogP contribution < -0.4 is 5.73 Å². The minimum absolute atomic E-state index is 0.101. The highest BCUT2D eigenvalue weighted by Gasteiger charge is 2.11. The minimum Gasteiger partial charge on any atom is -0.383 e. The van der Waals surface area contributed by atoms with E-state index in [0.29, 0.717) is 17.0 Å². The number of halogens is 2. The van der Waals surface area contributed by atoms with Gasteiger partial charge in [0.25, 0.3) is 0 Å². The molecule has 0 aromatic heterocycles. The maximum Gasteiger partial charge on any atom is 0.167 e. The van der Waals surface area contributed by atoms with Gasteiger partial charge in [-0.15, -0.1) is 0 Å². The molecule has 0 amide bonds. The number of hydrogen-bond acceptors (Lipinski definition) is 2. The molecule has 0 atom stereocenters. The molecule has 0 unspecified atom stereocenters. The van der Waals surface area contributed by atoms with Gasteiger partial charge < -0.3 is 5.73 Å². The molecule has 5 heteroatoms. The summed E-state index contributed by atoms with van der Waals surface area (Å²) in [4.78, 5) is 8.07. The summed E-state index contributed by atoms with van der Waals surface area (Å²) in [7, 11) is 1.54. The Bertz CT molecular complexity index is 614. The van der Waals surface area contributed by atoms with Crippen molar-refractivity contribution in [3.05, 3.63) is 59.3 Å². The van der Waals surface area contributed by atoms with Crippen molar-refractivity contribution in [2.45, 2.75) is 13.8 Å². The van der Waals surface area contributed by atoms with E-state index >= 15 is 0 Å². The van der Waals surface area contributed by atoms with Gasteiger partial charge in [-0.05, 0) is 26.0 Å². The predicted molar refractivity (Wildman–Crippen MR) is 79.0 cm³/mol. The summed E-state index contributed by atoms with van der Waals surface area (Å²) in [5, 5.41) is 0. The summed E-state index contributed by atoms with van der Waals surface area (Å²) in [6, 6.07) is 3.95. The zero-order valence-electron chi connectivity index (χ0n) is 11.7. The lowest BCUT2D eigenvalue weighted by atomic mass is 10.1. The second-order valence-corrected chi connectivity index (χ2v) is 4.06. The van der Waals surface area contributed by atoms with Gasteiger partial charge in [0.15, 0.2) is 11.6 Å². The standard InChI is InChI=1S/C15H17F2N3/c1-5-13(9(2)15(18)19-4)20-10(3)11-7-6-8-12(16)14(11)17/h5-8H,2H2,1,3-4H3,(H2,18,19)/b13-5+,20-10?. The Morgan fingerprint density at radius 2 is 2.00 bits per heavy atom. The van der Waals surface area contributed by atoms with Crippen LogP contribution in [0, 0.1) is 11.6 Å². The van der Waals surface area contributed by atoms with E-state index in [9.17, 15) is 8.78 Å². The highest BCUT2D eigenvalue weighted by atomic mass is 19.2. The first-order valence-corrected chi connectivity index (χ1v) is 6.00. The highest BCUT2D eigenvalue weighted by Crippen LogP contribution is 2.16. The number of allylic oxidation sites excluding steroid dienone is 1. The third-order valence-corrected chi connectivity index (χ3v) is 2.76. The van der Waals surface area contributed by atoms with Crippen molar-refractivity contribution >= 4 is 11.5 Å². The summed E-state index contributed by atoms with van der Waals surface area (Å²) in [5.41, 5.74) is 7.01. The third kappa shape index (κ3) is 3.38. The summed E-state index contributed by atoms with van der Waals surface area (Å²) in [6.07, 6.45) is 1.68. The maximum atomic E-state index is 13.7. The van der Waals surface area contributed by atoms with Gasteiger partial charge in [0.2, 0.25) is 0 Å². The SMILES string of the molecule is C=C(C(N)=NC)/C(=C\C)N=C(C)c1cccc(F)c1F. The number of aliphatic imine (C=N–C) groups is 2. The first-order chi connectivity index (χ1) is 9.42. The van der Waals surface area contributed by atoms with Crippen LogP contribution in [0.5, 0.6) is 0 Å². The van der Waals surface area contributed by atoms with Crippen molar-refractivity contribution in [1.29, 1.82) is 0 Å². The van der Waals surface area contributed by atoms with Crippen LogP contribution in [0.3, 0.4) is 0 Å². The number of nitrogens with zero attached hydrogens (tertiary/aromatic N) is 2. The number of nitrogens with two attached hydrogens (primary N) is 1. The summed E-state index contributed by atoms with van der Waals surface area (Å²) in [5.74, 6) is -1.59. The highest BCUT2D eigenvalue weighted by molar-refractivity contribution is 6.03. The Kier molecular flexibility index (Phi) is 5.32.